The van der Waals surface area contributed by atoms with E-state index < -0.39 is 0 Å². The fraction of sp³-hybridized carbons (Fsp3) is 0.286. The maximum Gasteiger partial charge on any atom is 0.137 e. The summed E-state index contributed by atoms with van der Waals surface area (Å²) in [7, 11) is 0. The molecule has 1 N–H and O–H groups in total. The SMILES string of the molecule is N#CCCN1CC=C(c2ccnc3[nH]ccc23)C1. The smallest absolute Gasteiger partial charge is 0.137 e. The molecule has 2 aromatic heterocycles. The highest BCUT2D eigenvalue weighted by Gasteiger charge is 2.16. The molecule has 0 fully saturated rings. The van der Waals surface area contributed by atoms with Crippen LogP contribution in [-0.2, 0) is 0 Å². The minimum absolute atomic E-state index is 0.594. The van der Waals surface area contributed by atoms with Crippen LogP contribution in [0.1, 0.15) is 12.0 Å². The number of rotatable bonds is 3. The maximum absolute atomic E-state index is 8.62. The van der Waals surface area contributed by atoms with E-state index in [-0.39, 0.29) is 0 Å². The maximum atomic E-state index is 8.62. The van der Waals surface area contributed by atoms with Crippen molar-refractivity contribution in [3.05, 3.63) is 36.2 Å². The van der Waals surface area contributed by atoms with Crippen LogP contribution in [0, 0.1) is 11.3 Å². The first-order valence-corrected chi connectivity index (χ1v) is 6.09. The number of nitriles is 1. The Hall–Kier alpha value is -2.12. The van der Waals surface area contributed by atoms with Gasteiger partial charge < -0.3 is 4.98 Å². The Morgan fingerprint density at radius 1 is 1.44 bits per heavy atom. The van der Waals surface area contributed by atoms with Gasteiger partial charge in [0, 0.05) is 43.8 Å². The van der Waals surface area contributed by atoms with Crippen molar-refractivity contribution in [3.63, 3.8) is 0 Å². The number of fused-ring (bicyclic) bond motifs is 1. The lowest BCUT2D eigenvalue weighted by Crippen LogP contribution is -2.21. The summed E-state index contributed by atoms with van der Waals surface area (Å²) in [6.07, 6.45) is 6.60. The Morgan fingerprint density at radius 3 is 3.28 bits per heavy atom. The lowest BCUT2D eigenvalue weighted by Gasteiger charge is -2.13. The number of aromatic amines is 1. The average molecular weight is 238 g/mol. The number of nitrogens with zero attached hydrogens (tertiary/aromatic N) is 3. The molecule has 3 heterocycles. The van der Waals surface area contributed by atoms with Gasteiger partial charge in [0.25, 0.3) is 0 Å². The summed E-state index contributed by atoms with van der Waals surface area (Å²) >= 11 is 0. The van der Waals surface area contributed by atoms with Crippen LogP contribution in [-0.4, -0.2) is 34.5 Å². The van der Waals surface area contributed by atoms with Gasteiger partial charge >= 0.3 is 0 Å². The third-order valence-corrected chi connectivity index (χ3v) is 3.34. The molecule has 90 valence electrons. The number of H-pyrrole nitrogens is 1. The lowest BCUT2D eigenvalue weighted by atomic mass is 10.1. The molecule has 0 radical (unpaired) electrons. The summed E-state index contributed by atoms with van der Waals surface area (Å²) in [5, 5.41) is 9.79. The van der Waals surface area contributed by atoms with Crippen molar-refractivity contribution in [2.24, 2.45) is 0 Å². The highest BCUT2D eigenvalue weighted by atomic mass is 15.1. The van der Waals surface area contributed by atoms with Gasteiger partial charge in [-0.15, -0.1) is 0 Å². The minimum atomic E-state index is 0.594. The molecule has 0 bridgehead atoms. The Balaban J connectivity index is 1.84. The number of hydrogen-bond donors (Lipinski definition) is 1. The number of pyridine rings is 1. The third-order valence-electron chi connectivity index (χ3n) is 3.34. The second kappa shape index (κ2) is 4.63. The van der Waals surface area contributed by atoms with E-state index in [2.05, 4.69) is 39.1 Å². The summed E-state index contributed by atoms with van der Waals surface area (Å²) in [6, 6.07) is 6.33. The molecule has 0 amide bonds. The number of nitrogens with one attached hydrogen (secondary N) is 1. The van der Waals surface area contributed by atoms with Crippen molar-refractivity contribution in [2.45, 2.75) is 6.42 Å². The zero-order chi connectivity index (χ0) is 12.4. The normalized spacial score (nSPS) is 15.8. The van der Waals surface area contributed by atoms with Crippen LogP contribution >= 0.6 is 0 Å². The Morgan fingerprint density at radius 2 is 2.39 bits per heavy atom. The Labute approximate surface area is 106 Å². The molecule has 4 heteroatoms. The summed E-state index contributed by atoms with van der Waals surface area (Å²) in [6.45, 7) is 2.70. The second-order valence-electron chi connectivity index (χ2n) is 4.47. The average Bonchev–Trinajstić information content (AvgIpc) is 3.04. The van der Waals surface area contributed by atoms with E-state index in [9.17, 15) is 0 Å². The lowest BCUT2D eigenvalue weighted by molar-refractivity contribution is 0.364. The van der Waals surface area contributed by atoms with Gasteiger partial charge in [-0.3, -0.25) is 4.90 Å². The van der Waals surface area contributed by atoms with E-state index in [1.165, 1.54) is 16.5 Å². The van der Waals surface area contributed by atoms with E-state index in [0.29, 0.717) is 6.42 Å². The van der Waals surface area contributed by atoms with Crippen LogP contribution in [0.3, 0.4) is 0 Å². The van der Waals surface area contributed by atoms with Gasteiger partial charge in [0.2, 0.25) is 0 Å². The Bertz CT molecular complexity index is 633. The van der Waals surface area contributed by atoms with Crippen LogP contribution in [0.4, 0.5) is 0 Å². The molecule has 0 aromatic carbocycles. The van der Waals surface area contributed by atoms with Crippen LogP contribution in [0.2, 0.25) is 0 Å². The molecule has 0 atom stereocenters. The van der Waals surface area contributed by atoms with Crippen molar-refractivity contribution in [1.29, 1.82) is 5.26 Å². The zero-order valence-electron chi connectivity index (χ0n) is 10.1. The molecule has 1 aliphatic heterocycles. The Kier molecular flexibility index (Phi) is 2.83. The predicted molar refractivity (Wildman–Crippen MR) is 70.7 cm³/mol. The van der Waals surface area contributed by atoms with Gasteiger partial charge in [0.15, 0.2) is 0 Å². The summed E-state index contributed by atoms with van der Waals surface area (Å²) in [4.78, 5) is 9.73. The van der Waals surface area contributed by atoms with E-state index in [1.807, 2.05) is 12.4 Å². The van der Waals surface area contributed by atoms with Crippen molar-refractivity contribution < 1.29 is 0 Å². The summed E-state index contributed by atoms with van der Waals surface area (Å²) in [5.41, 5.74) is 3.52. The molecule has 0 saturated carbocycles. The van der Waals surface area contributed by atoms with E-state index in [1.54, 1.807) is 0 Å². The molecule has 4 nitrogen and oxygen atoms in total. The van der Waals surface area contributed by atoms with E-state index in [4.69, 9.17) is 5.26 Å². The fourth-order valence-electron chi connectivity index (χ4n) is 2.42. The van der Waals surface area contributed by atoms with Crippen LogP contribution in [0.15, 0.2) is 30.6 Å². The van der Waals surface area contributed by atoms with Crippen LogP contribution in [0.25, 0.3) is 16.6 Å². The van der Waals surface area contributed by atoms with Gasteiger partial charge in [-0.1, -0.05) is 6.08 Å². The van der Waals surface area contributed by atoms with E-state index >= 15 is 0 Å². The van der Waals surface area contributed by atoms with Crippen LogP contribution in [0.5, 0.6) is 0 Å². The summed E-state index contributed by atoms with van der Waals surface area (Å²) < 4.78 is 0. The van der Waals surface area contributed by atoms with Gasteiger partial charge in [-0.25, -0.2) is 4.98 Å². The van der Waals surface area contributed by atoms with Gasteiger partial charge in [-0.05, 0) is 23.3 Å². The van der Waals surface area contributed by atoms with Gasteiger partial charge in [-0.2, -0.15) is 5.26 Å². The fourth-order valence-corrected chi connectivity index (χ4v) is 2.42. The standard InChI is InChI=1S/C14H14N4/c15-5-1-8-18-9-4-11(10-18)12-2-6-16-14-13(12)3-7-17-14/h2-4,6-7H,1,8-10H2,(H,16,17). The first-order chi connectivity index (χ1) is 8.88. The number of aromatic nitrogens is 2. The van der Waals surface area contributed by atoms with E-state index in [0.717, 1.165) is 25.3 Å². The molecular weight excluding hydrogens is 224 g/mol. The number of hydrogen-bond acceptors (Lipinski definition) is 3. The minimum Gasteiger partial charge on any atom is -0.346 e. The monoisotopic (exact) mass is 238 g/mol. The molecule has 0 unspecified atom stereocenters. The molecule has 0 spiro atoms. The topological polar surface area (TPSA) is 55.7 Å². The first kappa shape index (κ1) is 11.0. The first-order valence-electron chi connectivity index (χ1n) is 6.09. The molecule has 2 aromatic rings. The van der Waals surface area contributed by atoms with Crippen molar-refractivity contribution in [1.82, 2.24) is 14.9 Å². The summed E-state index contributed by atoms with van der Waals surface area (Å²) in [5.74, 6) is 0. The molecule has 0 saturated heterocycles. The molecule has 3 rings (SSSR count). The largest absolute Gasteiger partial charge is 0.346 e. The van der Waals surface area contributed by atoms with Gasteiger partial charge in [0.05, 0.1) is 6.07 Å². The molecule has 18 heavy (non-hydrogen) atoms. The zero-order valence-corrected chi connectivity index (χ0v) is 10.1. The molecule has 1 aliphatic rings. The van der Waals surface area contributed by atoms with Gasteiger partial charge in [0.1, 0.15) is 5.65 Å². The van der Waals surface area contributed by atoms with Crippen molar-refractivity contribution >= 4 is 16.6 Å². The third kappa shape index (κ3) is 1.89. The van der Waals surface area contributed by atoms with Crippen molar-refractivity contribution in [2.75, 3.05) is 19.6 Å². The molecule has 0 aliphatic carbocycles. The highest BCUT2D eigenvalue weighted by molar-refractivity contribution is 5.90. The quantitative estimate of drug-likeness (QED) is 0.891. The predicted octanol–water partition coefficient (Wildman–Crippen LogP) is 2.18. The van der Waals surface area contributed by atoms with Crippen LogP contribution < -0.4 is 0 Å². The second-order valence-corrected chi connectivity index (χ2v) is 4.47. The van der Waals surface area contributed by atoms with Crippen molar-refractivity contribution in [3.8, 4) is 6.07 Å². The highest BCUT2D eigenvalue weighted by Crippen LogP contribution is 2.26. The molecular formula is C14H14N4.